The summed E-state index contributed by atoms with van der Waals surface area (Å²) in [5.74, 6) is 0. The van der Waals surface area contributed by atoms with Gasteiger partial charge < -0.3 is 13.7 Å². The van der Waals surface area contributed by atoms with Crippen LogP contribution in [0, 0.1) is 0 Å². The van der Waals surface area contributed by atoms with Crippen LogP contribution in [0.3, 0.4) is 0 Å². The first-order valence-electron chi connectivity index (χ1n) is 21.9. The summed E-state index contributed by atoms with van der Waals surface area (Å²) in [5.41, 5.74) is 18.5. The number of para-hydroxylation sites is 2. The van der Waals surface area contributed by atoms with Crippen LogP contribution >= 0.6 is 0 Å². The van der Waals surface area contributed by atoms with Crippen molar-refractivity contribution in [3.63, 3.8) is 0 Å². The highest BCUT2D eigenvalue weighted by Gasteiger charge is 2.46. The lowest BCUT2D eigenvalue weighted by Crippen LogP contribution is -2.28. The van der Waals surface area contributed by atoms with Crippen molar-refractivity contribution in [1.29, 1.82) is 0 Å². The average molecular weight is 818 g/mol. The molecule has 0 amide bonds. The molecule has 2 aromatic heterocycles. The Morgan fingerprint density at radius 1 is 0.281 bits per heavy atom. The predicted octanol–water partition coefficient (Wildman–Crippen LogP) is 16.7. The van der Waals surface area contributed by atoms with Crippen molar-refractivity contribution < 1.29 is 8.83 Å². The number of rotatable bonds is 7. The molecule has 2 heterocycles. The highest BCUT2D eigenvalue weighted by atomic mass is 16.3. The first-order chi connectivity index (χ1) is 31.7. The number of nitrogens with zero attached hydrogens (tertiary/aromatic N) is 1. The van der Waals surface area contributed by atoms with Gasteiger partial charge in [-0.2, -0.15) is 0 Å². The van der Waals surface area contributed by atoms with E-state index in [-0.39, 0.29) is 0 Å². The summed E-state index contributed by atoms with van der Waals surface area (Å²) >= 11 is 0. The lowest BCUT2D eigenvalue weighted by atomic mass is 9.68. The standard InChI is InChI=1S/C61H39NO2/c1-3-15-44(16-4-1)61(45-17-5-2-6-18-45)55-23-10-7-20-49(55)52-39-48(32-33-56(52)61)62(46-30-26-40(27-31-46)42-28-34-59-53(37-42)50-21-8-11-24-57(50)63-59)47-19-13-14-41(36-47)43-29-35-60-54(38-43)51-22-9-12-25-58(51)64-60/h1-39H. The average Bonchev–Trinajstić information content (AvgIpc) is 4.03. The normalized spacial score (nSPS) is 12.8. The van der Waals surface area contributed by atoms with Crippen molar-refractivity contribution in [1.82, 2.24) is 0 Å². The molecule has 3 heteroatoms. The Morgan fingerprint density at radius 2 is 0.766 bits per heavy atom. The minimum Gasteiger partial charge on any atom is -0.456 e. The maximum Gasteiger partial charge on any atom is 0.135 e. The Morgan fingerprint density at radius 3 is 1.42 bits per heavy atom. The molecule has 0 spiro atoms. The zero-order valence-corrected chi connectivity index (χ0v) is 34.8. The molecule has 0 bridgehead atoms. The van der Waals surface area contributed by atoms with E-state index in [1.165, 1.54) is 33.4 Å². The number of furan rings is 2. The Balaban J connectivity index is 0.984. The SMILES string of the molecule is c1ccc(C2(c3ccccc3)c3ccccc3-c3cc(N(c4ccc(-c5ccc6oc7ccccc7c6c5)cc4)c4cccc(-c5ccc6oc7ccccc7c6c5)c4)ccc32)cc1. The summed E-state index contributed by atoms with van der Waals surface area (Å²) in [4.78, 5) is 2.40. The Hall–Kier alpha value is -8.40. The van der Waals surface area contributed by atoms with Crippen molar-refractivity contribution in [3.05, 3.63) is 259 Å². The largest absolute Gasteiger partial charge is 0.456 e. The van der Waals surface area contributed by atoms with Gasteiger partial charge in [-0.25, -0.2) is 0 Å². The molecule has 13 rings (SSSR count). The van der Waals surface area contributed by atoms with E-state index in [2.05, 4.69) is 217 Å². The Kier molecular flexibility index (Phi) is 8.13. The van der Waals surface area contributed by atoms with Gasteiger partial charge in [0, 0.05) is 38.6 Å². The number of hydrogen-bond acceptors (Lipinski definition) is 3. The van der Waals surface area contributed by atoms with E-state index in [1.807, 2.05) is 24.3 Å². The van der Waals surface area contributed by atoms with Crippen molar-refractivity contribution in [2.45, 2.75) is 5.41 Å². The Bertz CT molecular complexity index is 3690. The molecular formula is C61H39NO2. The van der Waals surface area contributed by atoms with Crippen LogP contribution in [0.2, 0.25) is 0 Å². The first kappa shape index (κ1) is 36.3. The van der Waals surface area contributed by atoms with Crippen molar-refractivity contribution in [2.24, 2.45) is 0 Å². The van der Waals surface area contributed by atoms with Crippen LogP contribution in [-0.2, 0) is 5.41 Å². The summed E-state index contributed by atoms with van der Waals surface area (Å²) < 4.78 is 12.4. The van der Waals surface area contributed by atoms with Crippen molar-refractivity contribution >= 4 is 60.9 Å². The van der Waals surface area contributed by atoms with E-state index in [0.717, 1.165) is 83.2 Å². The predicted molar refractivity (Wildman–Crippen MR) is 264 cm³/mol. The molecule has 0 saturated heterocycles. The molecule has 0 N–H and O–H groups in total. The second kappa shape index (κ2) is 14.3. The zero-order valence-electron chi connectivity index (χ0n) is 34.8. The minimum atomic E-state index is -0.476. The van der Waals surface area contributed by atoms with Crippen LogP contribution in [0.5, 0.6) is 0 Å². The van der Waals surface area contributed by atoms with Gasteiger partial charge in [0.05, 0.1) is 5.41 Å². The second-order valence-corrected chi connectivity index (χ2v) is 16.8. The molecule has 64 heavy (non-hydrogen) atoms. The third kappa shape index (κ3) is 5.54. The van der Waals surface area contributed by atoms with E-state index in [0.29, 0.717) is 0 Å². The van der Waals surface area contributed by atoms with Gasteiger partial charge >= 0.3 is 0 Å². The van der Waals surface area contributed by atoms with Gasteiger partial charge in [0.15, 0.2) is 0 Å². The molecule has 0 radical (unpaired) electrons. The second-order valence-electron chi connectivity index (χ2n) is 16.8. The molecule has 1 aliphatic rings. The van der Waals surface area contributed by atoms with Crippen LogP contribution < -0.4 is 4.90 Å². The number of anilines is 3. The number of benzene rings is 10. The van der Waals surface area contributed by atoms with Gasteiger partial charge in [-0.3, -0.25) is 0 Å². The molecule has 300 valence electrons. The van der Waals surface area contributed by atoms with Crippen LogP contribution in [0.25, 0.3) is 77.3 Å². The summed E-state index contributed by atoms with van der Waals surface area (Å²) in [7, 11) is 0. The monoisotopic (exact) mass is 817 g/mol. The van der Waals surface area contributed by atoms with E-state index < -0.39 is 5.41 Å². The van der Waals surface area contributed by atoms with E-state index in [4.69, 9.17) is 8.83 Å². The highest BCUT2D eigenvalue weighted by molar-refractivity contribution is 6.07. The molecular weight excluding hydrogens is 779 g/mol. The fourth-order valence-electron chi connectivity index (χ4n) is 10.5. The molecule has 10 aromatic carbocycles. The summed E-state index contributed by atoms with van der Waals surface area (Å²) in [6.45, 7) is 0. The van der Waals surface area contributed by atoms with Gasteiger partial charge in [-0.15, -0.1) is 0 Å². The summed E-state index contributed by atoms with van der Waals surface area (Å²) in [6.07, 6.45) is 0. The molecule has 0 unspecified atom stereocenters. The quantitative estimate of drug-likeness (QED) is 0.160. The number of hydrogen-bond donors (Lipinski definition) is 0. The molecule has 1 aliphatic carbocycles. The van der Waals surface area contributed by atoms with Crippen LogP contribution in [-0.4, -0.2) is 0 Å². The van der Waals surface area contributed by atoms with Crippen LogP contribution in [0.1, 0.15) is 22.3 Å². The number of fused-ring (bicyclic) bond motifs is 9. The highest BCUT2D eigenvalue weighted by Crippen LogP contribution is 2.57. The van der Waals surface area contributed by atoms with Gasteiger partial charge in [-0.05, 0) is 128 Å². The fourth-order valence-corrected chi connectivity index (χ4v) is 10.5. The molecule has 0 aliphatic heterocycles. The molecule has 12 aromatic rings. The molecule has 3 nitrogen and oxygen atoms in total. The van der Waals surface area contributed by atoms with Gasteiger partial charge in [0.2, 0.25) is 0 Å². The molecule has 0 atom stereocenters. The van der Waals surface area contributed by atoms with Crippen LogP contribution in [0.15, 0.2) is 245 Å². The summed E-state index contributed by atoms with van der Waals surface area (Å²) in [5, 5.41) is 4.49. The Labute approximate surface area is 370 Å². The van der Waals surface area contributed by atoms with E-state index in [1.54, 1.807) is 0 Å². The first-order valence-corrected chi connectivity index (χ1v) is 21.9. The van der Waals surface area contributed by atoms with Crippen molar-refractivity contribution in [2.75, 3.05) is 4.90 Å². The van der Waals surface area contributed by atoms with Gasteiger partial charge in [0.25, 0.3) is 0 Å². The third-order valence-corrected chi connectivity index (χ3v) is 13.4. The lowest BCUT2D eigenvalue weighted by molar-refractivity contribution is 0.668. The maximum atomic E-state index is 6.22. The summed E-state index contributed by atoms with van der Waals surface area (Å²) in [6, 6.07) is 85.5. The maximum absolute atomic E-state index is 6.22. The fraction of sp³-hybridized carbons (Fsp3) is 0.0164. The van der Waals surface area contributed by atoms with Crippen LogP contribution in [0.4, 0.5) is 17.1 Å². The van der Waals surface area contributed by atoms with Crippen molar-refractivity contribution in [3.8, 4) is 33.4 Å². The van der Waals surface area contributed by atoms with Gasteiger partial charge in [0.1, 0.15) is 22.3 Å². The zero-order chi connectivity index (χ0) is 42.2. The minimum absolute atomic E-state index is 0.476. The smallest absolute Gasteiger partial charge is 0.135 e. The third-order valence-electron chi connectivity index (χ3n) is 13.4. The topological polar surface area (TPSA) is 29.5 Å². The lowest BCUT2D eigenvalue weighted by Gasteiger charge is -2.34. The molecule has 0 saturated carbocycles. The van der Waals surface area contributed by atoms with E-state index in [9.17, 15) is 0 Å². The van der Waals surface area contributed by atoms with E-state index >= 15 is 0 Å². The van der Waals surface area contributed by atoms with Gasteiger partial charge in [-0.1, -0.05) is 164 Å². The molecule has 0 fully saturated rings.